The molecule has 0 saturated carbocycles. The molecular weight excluding hydrogens is 414 g/mol. The summed E-state index contributed by atoms with van der Waals surface area (Å²) in [5, 5.41) is 24.1. The van der Waals surface area contributed by atoms with E-state index in [9.17, 15) is 23.5 Å². The predicted molar refractivity (Wildman–Crippen MR) is 109 cm³/mol. The lowest BCUT2D eigenvalue weighted by Gasteiger charge is -2.09. The molecule has 7 nitrogen and oxygen atoms in total. The second kappa shape index (κ2) is 8.95. The Morgan fingerprint density at radius 1 is 1.03 bits per heavy atom. The molecule has 0 unspecified atom stereocenters. The lowest BCUT2D eigenvalue weighted by atomic mass is 10.1. The van der Waals surface area contributed by atoms with Gasteiger partial charge in [-0.05, 0) is 30.2 Å². The Morgan fingerprint density at radius 3 is 2.37 bits per heavy atom. The van der Waals surface area contributed by atoms with Crippen LogP contribution in [0.25, 0.3) is 0 Å². The van der Waals surface area contributed by atoms with Crippen molar-refractivity contribution in [2.24, 2.45) is 5.92 Å². The van der Waals surface area contributed by atoms with Crippen molar-refractivity contribution in [2.75, 3.05) is 10.6 Å². The number of carbonyl (C=O) groups is 2. The molecule has 3 rings (SSSR count). The highest BCUT2D eigenvalue weighted by molar-refractivity contribution is 7.15. The summed E-state index contributed by atoms with van der Waals surface area (Å²) in [6, 6.07) is 6.27. The molecule has 0 spiro atoms. The molecule has 0 saturated heterocycles. The van der Waals surface area contributed by atoms with Gasteiger partial charge in [-0.2, -0.15) is 0 Å². The lowest BCUT2D eigenvalue weighted by molar-refractivity contribution is 0.101. The second-order valence-electron chi connectivity index (χ2n) is 6.90. The maximum atomic E-state index is 13.3. The molecule has 0 aliphatic rings. The van der Waals surface area contributed by atoms with Crippen LogP contribution in [0.5, 0.6) is 5.75 Å². The van der Waals surface area contributed by atoms with E-state index in [1.54, 1.807) is 0 Å². The number of amides is 2. The van der Waals surface area contributed by atoms with Crippen molar-refractivity contribution in [3.8, 4) is 5.75 Å². The summed E-state index contributed by atoms with van der Waals surface area (Å²) < 4.78 is 26.5. The predicted octanol–water partition coefficient (Wildman–Crippen LogP) is 4.23. The fraction of sp³-hybridized carbons (Fsp3) is 0.200. The number of aromatic hydroxyl groups is 1. The topological polar surface area (TPSA) is 104 Å². The summed E-state index contributed by atoms with van der Waals surface area (Å²) in [5.41, 5.74) is -0.110. The van der Waals surface area contributed by atoms with Crippen LogP contribution in [0.3, 0.4) is 0 Å². The molecule has 0 aliphatic carbocycles. The standard InChI is InChI=1S/C20H18F2N4O3S/c1-10(2)5-17-25-26-20(30-17)24-19(29)15-4-3-14(9-16(15)27)23-18(28)11-6-12(21)8-13(22)7-11/h3-4,6-10,27H,5H2,1-2H3,(H,23,28)(H,24,26,29). The normalized spacial score (nSPS) is 10.8. The van der Waals surface area contributed by atoms with E-state index >= 15 is 0 Å². The largest absolute Gasteiger partial charge is 0.507 e. The van der Waals surface area contributed by atoms with Crippen molar-refractivity contribution in [2.45, 2.75) is 20.3 Å². The molecule has 0 aliphatic heterocycles. The number of carbonyl (C=O) groups excluding carboxylic acids is 2. The van der Waals surface area contributed by atoms with Crippen LogP contribution in [0, 0.1) is 17.6 Å². The molecule has 2 aromatic carbocycles. The van der Waals surface area contributed by atoms with E-state index in [0.29, 0.717) is 17.1 Å². The van der Waals surface area contributed by atoms with Gasteiger partial charge in [0.15, 0.2) is 0 Å². The number of halogens is 2. The quantitative estimate of drug-likeness (QED) is 0.541. The summed E-state index contributed by atoms with van der Waals surface area (Å²) in [6.07, 6.45) is 0.738. The first-order valence-electron chi connectivity index (χ1n) is 8.95. The fourth-order valence-electron chi connectivity index (χ4n) is 2.59. The minimum Gasteiger partial charge on any atom is -0.507 e. The van der Waals surface area contributed by atoms with Gasteiger partial charge in [-0.3, -0.25) is 14.9 Å². The minimum absolute atomic E-state index is 0.0367. The third kappa shape index (κ3) is 5.35. The number of nitrogens with zero attached hydrogens (tertiary/aromatic N) is 2. The molecule has 3 aromatic rings. The van der Waals surface area contributed by atoms with Gasteiger partial charge in [0.2, 0.25) is 5.13 Å². The Kier molecular flexibility index (Phi) is 6.36. The number of benzene rings is 2. The highest BCUT2D eigenvalue weighted by Crippen LogP contribution is 2.25. The number of phenols is 1. The lowest BCUT2D eigenvalue weighted by Crippen LogP contribution is -2.14. The van der Waals surface area contributed by atoms with Crippen molar-refractivity contribution in [1.29, 1.82) is 0 Å². The summed E-state index contributed by atoms with van der Waals surface area (Å²) in [7, 11) is 0. The van der Waals surface area contributed by atoms with Crippen molar-refractivity contribution >= 4 is 34.0 Å². The molecule has 156 valence electrons. The maximum absolute atomic E-state index is 13.3. The summed E-state index contributed by atoms with van der Waals surface area (Å²) in [6.45, 7) is 4.09. The molecule has 0 fully saturated rings. The zero-order valence-electron chi connectivity index (χ0n) is 16.1. The first kappa shape index (κ1) is 21.3. The summed E-state index contributed by atoms with van der Waals surface area (Å²) in [5.74, 6) is -3.12. The van der Waals surface area contributed by atoms with Crippen LogP contribution in [0.1, 0.15) is 39.6 Å². The number of rotatable bonds is 6. The zero-order valence-corrected chi connectivity index (χ0v) is 16.9. The van der Waals surface area contributed by atoms with Gasteiger partial charge in [-0.1, -0.05) is 25.2 Å². The first-order valence-corrected chi connectivity index (χ1v) is 9.77. The number of hydrogen-bond donors (Lipinski definition) is 3. The van der Waals surface area contributed by atoms with Gasteiger partial charge in [0.05, 0.1) is 5.56 Å². The number of aromatic nitrogens is 2. The highest BCUT2D eigenvalue weighted by atomic mass is 32.1. The number of hydrogen-bond acceptors (Lipinski definition) is 6. The first-order chi connectivity index (χ1) is 14.2. The second-order valence-corrected chi connectivity index (χ2v) is 7.96. The monoisotopic (exact) mass is 432 g/mol. The average molecular weight is 432 g/mol. The molecule has 3 N–H and O–H groups in total. The Hall–Kier alpha value is -3.40. The van der Waals surface area contributed by atoms with Crippen LogP contribution in [-0.4, -0.2) is 27.1 Å². The molecular formula is C20H18F2N4O3S. The van der Waals surface area contributed by atoms with E-state index in [1.165, 1.54) is 23.5 Å². The number of nitrogens with one attached hydrogen (secondary N) is 2. The van der Waals surface area contributed by atoms with E-state index in [1.807, 2.05) is 13.8 Å². The minimum atomic E-state index is -0.886. The van der Waals surface area contributed by atoms with Gasteiger partial charge in [-0.15, -0.1) is 10.2 Å². The van der Waals surface area contributed by atoms with Gasteiger partial charge in [0, 0.05) is 29.8 Å². The van der Waals surface area contributed by atoms with Crippen molar-refractivity contribution in [1.82, 2.24) is 10.2 Å². The Bertz CT molecular complexity index is 1080. The molecule has 2 amide bonds. The van der Waals surface area contributed by atoms with E-state index in [4.69, 9.17) is 0 Å². The molecule has 0 radical (unpaired) electrons. The average Bonchev–Trinajstić information content (AvgIpc) is 3.06. The van der Waals surface area contributed by atoms with E-state index < -0.39 is 23.4 Å². The van der Waals surface area contributed by atoms with Crippen LogP contribution < -0.4 is 10.6 Å². The molecule has 1 heterocycles. The van der Waals surface area contributed by atoms with Gasteiger partial charge in [-0.25, -0.2) is 8.78 Å². The SMILES string of the molecule is CC(C)Cc1nnc(NC(=O)c2ccc(NC(=O)c3cc(F)cc(F)c3)cc2O)s1. The van der Waals surface area contributed by atoms with Gasteiger partial charge < -0.3 is 10.4 Å². The highest BCUT2D eigenvalue weighted by Gasteiger charge is 2.16. The third-order valence-electron chi connectivity index (χ3n) is 3.90. The number of phenolic OH excluding ortho intramolecular Hbond substituents is 1. The summed E-state index contributed by atoms with van der Waals surface area (Å²) in [4.78, 5) is 24.5. The van der Waals surface area contributed by atoms with Crippen molar-refractivity contribution in [3.05, 3.63) is 64.2 Å². The van der Waals surface area contributed by atoms with Crippen molar-refractivity contribution < 1.29 is 23.5 Å². The zero-order chi connectivity index (χ0) is 21.8. The molecule has 0 bridgehead atoms. The number of anilines is 2. The maximum Gasteiger partial charge on any atom is 0.261 e. The van der Waals surface area contributed by atoms with E-state index in [-0.39, 0.29) is 22.6 Å². The van der Waals surface area contributed by atoms with E-state index in [0.717, 1.165) is 29.6 Å². The molecule has 1 aromatic heterocycles. The smallest absolute Gasteiger partial charge is 0.261 e. The van der Waals surface area contributed by atoms with Crippen molar-refractivity contribution in [3.63, 3.8) is 0 Å². The van der Waals surface area contributed by atoms with Crippen LogP contribution in [-0.2, 0) is 6.42 Å². The third-order valence-corrected chi connectivity index (χ3v) is 4.76. The molecule has 30 heavy (non-hydrogen) atoms. The Labute approximate surface area is 174 Å². The molecule has 10 heteroatoms. The van der Waals surface area contributed by atoms with Gasteiger partial charge in [0.1, 0.15) is 22.4 Å². The Balaban J connectivity index is 1.69. The Morgan fingerprint density at radius 2 is 1.73 bits per heavy atom. The van der Waals surface area contributed by atoms with Gasteiger partial charge in [0.25, 0.3) is 11.8 Å². The van der Waals surface area contributed by atoms with Crippen LogP contribution in [0.4, 0.5) is 19.6 Å². The van der Waals surface area contributed by atoms with E-state index in [2.05, 4.69) is 20.8 Å². The van der Waals surface area contributed by atoms with Crippen LogP contribution >= 0.6 is 11.3 Å². The van der Waals surface area contributed by atoms with Crippen LogP contribution in [0.15, 0.2) is 36.4 Å². The van der Waals surface area contributed by atoms with Crippen LogP contribution in [0.2, 0.25) is 0 Å². The summed E-state index contributed by atoms with van der Waals surface area (Å²) >= 11 is 1.25. The molecule has 0 atom stereocenters. The van der Waals surface area contributed by atoms with Gasteiger partial charge >= 0.3 is 0 Å². The fourth-order valence-corrected chi connectivity index (χ4v) is 3.54.